The number of carboxylic acids is 1. The number of carboxylic acid groups (broad SMARTS) is 1. The maximum absolute atomic E-state index is 11.0. The molecule has 4 heteroatoms. The Morgan fingerprint density at radius 3 is 2.86 bits per heavy atom. The van der Waals surface area contributed by atoms with Crippen LogP contribution in [-0.4, -0.2) is 41.0 Å². The van der Waals surface area contributed by atoms with Gasteiger partial charge in [0.05, 0.1) is 5.92 Å². The zero-order valence-corrected chi connectivity index (χ0v) is 9.33. The number of alkyl halides is 1. The van der Waals surface area contributed by atoms with Gasteiger partial charge in [-0.15, -0.1) is 11.6 Å². The molecule has 3 nitrogen and oxygen atoms in total. The van der Waals surface area contributed by atoms with Crippen molar-refractivity contribution in [1.29, 1.82) is 0 Å². The Hall–Kier alpha value is -0.280. The molecule has 0 aliphatic carbocycles. The minimum Gasteiger partial charge on any atom is -0.481 e. The van der Waals surface area contributed by atoms with Gasteiger partial charge in [0, 0.05) is 18.5 Å². The molecule has 0 spiro atoms. The molecule has 1 aliphatic heterocycles. The van der Waals surface area contributed by atoms with Gasteiger partial charge in [-0.1, -0.05) is 6.92 Å². The number of hydrogen-bond acceptors (Lipinski definition) is 2. The van der Waals surface area contributed by atoms with Crippen LogP contribution in [-0.2, 0) is 4.79 Å². The molecule has 0 aromatic heterocycles. The highest BCUT2D eigenvalue weighted by Gasteiger charge is 2.34. The Morgan fingerprint density at radius 1 is 1.64 bits per heavy atom. The second-order valence-electron chi connectivity index (χ2n) is 3.79. The summed E-state index contributed by atoms with van der Waals surface area (Å²) in [4.78, 5) is 13.2. The highest BCUT2D eigenvalue weighted by Crippen LogP contribution is 2.25. The lowest BCUT2D eigenvalue weighted by molar-refractivity contribution is -0.146. The van der Waals surface area contributed by atoms with Gasteiger partial charge in [-0.25, -0.2) is 0 Å². The molecule has 0 aromatic carbocycles. The fourth-order valence-electron chi connectivity index (χ4n) is 2.34. The molecule has 1 saturated heterocycles. The SMILES string of the molecule is CCC1C(C(=O)O)CCCN1CCCl. The number of hydrogen-bond donors (Lipinski definition) is 1. The lowest BCUT2D eigenvalue weighted by atomic mass is 9.87. The minimum absolute atomic E-state index is 0.181. The van der Waals surface area contributed by atoms with Crippen LogP contribution < -0.4 is 0 Å². The molecule has 1 N–H and O–H groups in total. The Bertz CT molecular complexity index is 197. The van der Waals surface area contributed by atoms with Gasteiger partial charge < -0.3 is 5.11 Å². The summed E-state index contributed by atoms with van der Waals surface area (Å²) in [5.74, 6) is -0.267. The smallest absolute Gasteiger partial charge is 0.308 e. The molecule has 0 amide bonds. The first-order chi connectivity index (χ1) is 6.70. The van der Waals surface area contributed by atoms with Crippen molar-refractivity contribution in [3.63, 3.8) is 0 Å². The Balaban J connectivity index is 2.64. The number of carbonyl (C=O) groups is 1. The highest BCUT2D eigenvalue weighted by atomic mass is 35.5. The first kappa shape index (κ1) is 11.8. The average Bonchev–Trinajstić information content (AvgIpc) is 2.18. The standard InChI is InChI=1S/C10H18ClNO2/c1-2-9-8(10(13)14)4-3-6-12(9)7-5-11/h8-9H,2-7H2,1H3,(H,13,14). The molecule has 2 unspecified atom stereocenters. The second-order valence-corrected chi connectivity index (χ2v) is 4.17. The predicted molar refractivity (Wildman–Crippen MR) is 56.7 cm³/mol. The third-order valence-electron chi connectivity index (χ3n) is 3.00. The number of rotatable bonds is 4. The summed E-state index contributed by atoms with van der Waals surface area (Å²) in [6.07, 6.45) is 2.69. The molecule has 82 valence electrons. The van der Waals surface area contributed by atoms with E-state index in [-0.39, 0.29) is 12.0 Å². The predicted octanol–water partition coefficient (Wildman–Crippen LogP) is 1.80. The molecule has 1 heterocycles. The summed E-state index contributed by atoms with van der Waals surface area (Å²) in [5.41, 5.74) is 0. The van der Waals surface area contributed by atoms with Gasteiger partial charge >= 0.3 is 5.97 Å². The van der Waals surface area contributed by atoms with E-state index in [1.165, 1.54) is 0 Å². The molecule has 0 bridgehead atoms. The summed E-state index contributed by atoms with van der Waals surface area (Å²) in [5, 5.41) is 9.07. The number of nitrogens with zero attached hydrogens (tertiary/aromatic N) is 1. The van der Waals surface area contributed by atoms with Crippen molar-refractivity contribution in [3.05, 3.63) is 0 Å². The highest BCUT2D eigenvalue weighted by molar-refractivity contribution is 6.18. The van der Waals surface area contributed by atoms with Crippen molar-refractivity contribution in [1.82, 2.24) is 4.90 Å². The van der Waals surface area contributed by atoms with E-state index in [1.807, 2.05) is 6.92 Å². The van der Waals surface area contributed by atoms with Gasteiger partial charge in [-0.2, -0.15) is 0 Å². The number of halogens is 1. The fourth-order valence-corrected chi connectivity index (χ4v) is 2.56. The maximum atomic E-state index is 11.0. The molecule has 0 saturated carbocycles. The topological polar surface area (TPSA) is 40.5 Å². The van der Waals surface area contributed by atoms with Crippen molar-refractivity contribution in [2.45, 2.75) is 32.2 Å². The molecule has 14 heavy (non-hydrogen) atoms. The molecule has 0 aromatic rings. The van der Waals surface area contributed by atoms with Crippen LogP contribution in [0.15, 0.2) is 0 Å². The summed E-state index contributed by atoms with van der Waals surface area (Å²) in [6, 6.07) is 0.181. The number of likely N-dealkylation sites (tertiary alicyclic amines) is 1. The van der Waals surface area contributed by atoms with Crippen LogP contribution in [0, 0.1) is 5.92 Å². The van der Waals surface area contributed by atoms with Gasteiger partial charge in [-0.3, -0.25) is 9.69 Å². The molecular formula is C10H18ClNO2. The van der Waals surface area contributed by atoms with Crippen LogP contribution in [0.3, 0.4) is 0 Å². The van der Waals surface area contributed by atoms with Gasteiger partial charge in [-0.05, 0) is 25.8 Å². The molecule has 1 aliphatic rings. The maximum Gasteiger partial charge on any atom is 0.308 e. The van der Waals surface area contributed by atoms with E-state index in [1.54, 1.807) is 0 Å². The van der Waals surface area contributed by atoms with Gasteiger partial charge in [0.15, 0.2) is 0 Å². The lowest BCUT2D eigenvalue weighted by Crippen LogP contribution is -2.48. The summed E-state index contributed by atoms with van der Waals surface area (Å²) in [7, 11) is 0. The van der Waals surface area contributed by atoms with E-state index in [0.717, 1.165) is 32.4 Å². The first-order valence-electron chi connectivity index (χ1n) is 5.23. The largest absolute Gasteiger partial charge is 0.481 e. The molecule has 1 fully saturated rings. The van der Waals surface area contributed by atoms with Crippen molar-refractivity contribution in [3.8, 4) is 0 Å². The van der Waals surface area contributed by atoms with E-state index in [4.69, 9.17) is 16.7 Å². The van der Waals surface area contributed by atoms with Crippen molar-refractivity contribution in [2.24, 2.45) is 5.92 Å². The Morgan fingerprint density at radius 2 is 2.36 bits per heavy atom. The summed E-state index contributed by atoms with van der Waals surface area (Å²) in [6.45, 7) is 3.85. The molecular weight excluding hydrogens is 202 g/mol. The lowest BCUT2D eigenvalue weighted by Gasteiger charge is -2.38. The second kappa shape index (κ2) is 5.56. The van der Waals surface area contributed by atoms with Crippen LogP contribution in [0.5, 0.6) is 0 Å². The van der Waals surface area contributed by atoms with Crippen LogP contribution in [0.25, 0.3) is 0 Å². The zero-order chi connectivity index (χ0) is 10.6. The minimum atomic E-state index is -0.656. The molecule has 0 radical (unpaired) electrons. The molecule has 1 rings (SSSR count). The normalized spacial score (nSPS) is 29.0. The van der Waals surface area contributed by atoms with E-state index in [0.29, 0.717) is 5.88 Å². The number of aliphatic carboxylic acids is 1. The summed E-state index contributed by atoms with van der Waals surface area (Å²) >= 11 is 5.70. The van der Waals surface area contributed by atoms with E-state index in [2.05, 4.69) is 4.90 Å². The third kappa shape index (κ3) is 2.61. The summed E-state index contributed by atoms with van der Waals surface area (Å²) < 4.78 is 0. The van der Waals surface area contributed by atoms with E-state index < -0.39 is 5.97 Å². The zero-order valence-electron chi connectivity index (χ0n) is 8.58. The Kier molecular flexibility index (Phi) is 4.69. The first-order valence-corrected chi connectivity index (χ1v) is 5.77. The monoisotopic (exact) mass is 219 g/mol. The average molecular weight is 220 g/mol. The number of piperidine rings is 1. The van der Waals surface area contributed by atoms with Gasteiger partial charge in [0.2, 0.25) is 0 Å². The van der Waals surface area contributed by atoms with Crippen LogP contribution in [0.4, 0.5) is 0 Å². The quantitative estimate of drug-likeness (QED) is 0.734. The van der Waals surface area contributed by atoms with E-state index >= 15 is 0 Å². The molecule has 2 atom stereocenters. The van der Waals surface area contributed by atoms with Crippen molar-refractivity contribution in [2.75, 3.05) is 19.0 Å². The third-order valence-corrected chi connectivity index (χ3v) is 3.17. The van der Waals surface area contributed by atoms with Crippen molar-refractivity contribution < 1.29 is 9.90 Å². The van der Waals surface area contributed by atoms with E-state index in [9.17, 15) is 4.79 Å². The van der Waals surface area contributed by atoms with Crippen LogP contribution in [0.1, 0.15) is 26.2 Å². The Labute approximate surface area is 90.0 Å². The van der Waals surface area contributed by atoms with Crippen molar-refractivity contribution >= 4 is 17.6 Å². The fraction of sp³-hybridized carbons (Fsp3) is 0.900. The van der Waals surface area contributed by atoms with Crippen LogP contribution in [0.2, 0.25) is 0 Å². The van der Waals surface area contributed by atoms with Crippen LogP contribution >= 0.6 is 11.6 Å². The van der Waals surface area contributed by atoms with Gasteiger partial charge in [0.1, 0.15) is 0 Å². The van der Waals surface area contributed by atoms with Gasteiger partial charge in [0.25, 0.3) is 0 Å².